The number of rotatable bonds is 11. The van der Waals surface area contributed by atoms with Crippen molar-refractivity contribution in [3.05, 3.63) is 119 Å². The van der Waals surface area contributed by atoms with Crippen LogP contribution in [0.1, 0.15) is 62.1 Å². The van der Waals surface area contributed by atoms with Crippen LogP contribution in [0.25, 0.3) is 0 Å². The van der Waals surface area contributed by atoms with Gasteiger partial charge < -0.3 is 9.47 Å². The highest BCUT2D eigenvalue weighted by Crippen LogP contribution is 2.41. The second-order valence-corrected chi connectivity index (χ2v) is 8.90. The zero-order chi connectivity index (χ0) is 23.6. The van der Waals surface area contributed by atoms with Gasteiger partial charge in [-0.25, -0.2) is 4.79 Å². The first-order chi connectivity index (χ1) is 16.7. The average molecular weight is 455 g/mol. The van der Waals surface area contributed by atoms with Crippen molar-refractivity contribution in [2.75, 3.05) is 6.61 Å². The van der Waals surface area contributed by atoms with Gasteiger partial charge in [0.2, 0.25) is 0 Å². The molecule has 0 bridgehead atoms. The highest BCUT2D eigenvalue weighted by molar-refractivity contribution is 5.90. The third-order valence-corrected chi connectivity index (χ3v) is 6.46. The molecule has 1 aliphatic heterocycles. The highest BCUT2D eigenvalue weighted by Gasteiger charge is 2.39. The van der Waals surface area contributed by atoms with E-state index in [-0.39, 0.29) is 12.1 Å². The van der Waals surface area contributed by atoms with Crippen LogP contribution in [0.2, 0.25) is 0 Å². The molecule has 0 radical (unpaired) electrons. The molecule has 3 aromatic rings. The summed E-state index contributed by atoms with van der Waals surface area (Å²) in [5.74, 6) is -0.200. The molecule has 0 unspecified atom stereocenters. The summed E-state index contributed by atoms with van der Waals surface area (Å²) >= 11 is 0. The maximum Gasteiger partial charge on any atom is 0.334 e. The maximum atomic E-state index is 12.5. The van der Waals surface area contributed by atoms with Crippen molar-refractivity contribution in [1.29, 1.82) is 0 Å². The number of benzene rings is 3. The fourth-order valence-corrected chi connectivity index (χ4v) is 4.69. The van der Waals surface area contributed by atoms with Crippen LogP contribution in [0.3, 0.4) is 0 Å². The molecule has 1 atom stereocenters. The van der Waals surface area contributed by atoms with E-state index < -0.39 is 5.60 Å². The molecule has 3 aromatic carbocycles. The van der Waals surface area contributed by atoms with E-state index in [9.17, 15) is 4.79 Å². The Morgan fingerprint density at radius 3 is 1.85 bits per heavy atom. The van der Waals surface area contributed by atoms with Gasteiger partial charge in [-0.3, -0.25) is 0 Å². The molecule has 1 fully saturated rings. The van der Waals surface area contributed by atoms with E-state index in [1.54, 1.807) is 0 Å². The zero-order valence-corrected chi connectivity index (χ0v) is 20.0. The van der Waals surface area contributed by atoms with Gasteiger partial charge in [0.15, 0.2) is 0 Å². The Labute approximate surface area is 203 Å². The van der Waals surface area contributed by atoms with Crippen molar-refractivity contribution in [2.24, 2.45) is 0 Å². The number of carbonyl (C=O) groups excluding carboxylic acids is 1. The smallest absolute Gasteiger partial charge is 0.334 e. The standard InChI is InChI=1S/C31H34O3/c1-2-3-4-5-9-16-25-23-29(34-30(25)32)24-33-31(26-17-10-6-11-18-26,27-19-12-7-13-20-27)28-21-14-8-15-22-28/h6-8,10-22,29H,2-5,9,23-24H2,1H3/b25-16+/t29-/m0/s1. The summed E-state index contributed by atoms with van der Waals surface area (Å²) in [6.07, 6.45) is 8.08. The third-order valence-electron chi connectivity index (χ3n) is 6.46. The molecule has 1 saturated heterocycles. The number of unbranched alkanes of at least 4 members (excludes halogenated alkanes) is 4. The Morgan fingerprint density at radius 1 is 0.824 bits per heavy atom. The van der Waals surface area contributed by atoms with Crippen molar-refractivity contribution < 1.29 is 14.3 Å². The lowest BCUT2D eigenvalue weighted by molar-refractivity contribution is -0.143. The van der Waals surface area contributed by atoms with Crippen LogP contribution in [0.15, 0.2) is 103 Å². The lowest BCUT2D eigenvalue weighted by Gasteiger charge is -2.36. The van der Waals surface area contributed by atoms with Crippen LogP contribution in [0.4, 0.5) is 0 Å². The minimum absolute atomic E-state index is 0.200. The first-order valence-electron chi connectivity index (χ1n) is 12.4. The van der Waals surface area contributed by atoms with Crippen molar-refractivity contribution in [3.63, 3.8) is 0 Å². The van der Waals surface area contributed by atoms with Gasteiger partial charge in [0.25, 0.3) is 0 Å². The van der Waals surface area contributed by atoms with E-state index in [4.69, 9.17) is 9.47 Å². The van der Waals surface area contributed by atoms with Gasteiger partial charge in [-0.05, 0) is 29.5 Å². The van der Waals surface area contributed by atoms with E-state index in [0.29, 0.717) is 13.0 Å². The predicted molar refractivity (Wildman–Crippen MR) is 136 cm³/mol. The number of allylic oxidation sites excluding steroid dienone is 1. The number of carbonyl (C=O) groups is 1. The second-order valence-electron chi connectivity index (χ2n) is 8.90. The molecular formula is C31H34O3. The van der Waals surface area contributed by atoms with Gasteiger partial charge >= 0.3 is 5.97 Å². The van der Waals surface area contributed by atoms with Crippen LogP contribution in [0, 0.1) is 0 Å². The molecule has 0 N–H and O–H groups in total. The molecule has 1 heterocycles. The fraction of sp³-hybridized carbons (Fsp3) is 0.323. The minimum atomic E-state index is -0.803. The van der Waals surface area contributed by atoms with Crippen molar-refractivity contribution >= 4 is 5.97 Å². The van der Waals surface area contributed by atoms with Crippen LogP contribution in [-0.2, 0) is 19.9 Å². The molecule has 176 valence electrons. The molecule has 34 heavy (non-hydrogen) atoms. The normalized spacial score (nSPS) is 17.1. The van der Waals surface area contributed by atoms with Crippen LogP contribution < -0.4 is 0 Å². The quantitative estimate of drug-likeness (QED) is 0.133. The van der Waals surface area contributed by atoms with E-state index in [1.165, 1.54) is 19.3 Å². The molecule has 0 spiro atoms. The Hall–Kier alpha value is -3.17. The Bertz CT molecular complexity index is 961. The summed E-state index contributed by atoms with van der Waals surface area (Å²) in [6, 6.07) is 30.9. The molecule has 3 heteroatoms. The van der Waals surface area contributed by atoms with E-state index in [0.717, 1.165) is 35.1 Å². The molecular weight excluding hydrogens is 420 g/mol. The SMILES string of the molecule is CCCCCC/C=C1\C[C@@H](COC(c2ccccc2)(c2ccccc2)c2ccccc2)OC1=O. The molecule has 1 aliphatic rings. The molecule has 0 aromatic heterocycles. The van der Waals surface area contributed by atoms with Gasteiger partial charge in [0.05, 0.1) is 6.61 Å². The Balaban J connectivity index is 1.59. The molecule has 4 rings (SSSR count). The number of hydrogen-bond acceptors (Lipinski definition) is 3. The number of esters is 1. The Morgan fingerprint density at radius 2 is 1.35 bits per heavy atom. The van der Waals surface area contributed by atoms with E-state index >= 15 is 0 Å². The zero-order valence-electron chi connectivity index (χ0n) is 20.0. The van der Waals surface area contributed by atoms with Gasteiger partial charge in [-0.15, -0.1) is 0 Å². The van der Waals surface area contributed by atoms with E-state index in [2.05, 4.69) is 49.4 Å². The summed E-state index contributed by atoms with van der Waals surface area (Å²) in [7, 11) is 0. The third kappa shape index (κ3) is 5.48. The second kappa shape index (κ2) is 11.8. The molecule has 0 saturated carbocycles. The lowest BCUT2D eigenvalue weighted by atomic mass is 9.80. The minimum Gasteiger partial charge on any atom is -0.456 e. The van der Waals surface area contributed by atoms with Crippen LogP contribution in [-0.4, -0.2) is 18.7 Å². The fourth-order valence-electron chi connectivity index (χ4n) is 4.69. The van der Waals surface area contributed by atoms with Crippen LogP contribution >= 0.6 is 0 Å². The van der Waals surface area contributed by atoms with Gasteiger partial charge in [-0.1, -0.05) is 123 Å². The molecule has 0 amide bonds. The van der Waals surface area contributed by atoms with Crippen molar-refractivity contribution in [3.8, 4) is 0 Å². The highest BCUT2D eigenvalue weighted by atomic mass is 16.6. The topological polar surface area (TPSA) is 35.5 Å². The Kier molecular flexibility index (Phi) is 8.32. The number of cyclic esters (lactones) is 1. The number of ether oxygens (including phenoxy) is 2. The predicted octanol–water partition coefficient (Wildman–Crippen LogP) is 7.21. The summed E-state index contributed by atoms with van der Waals surface area (Å²) in [5, 5.41) is 0. The van der Waals surface area contributed by atoms with Gasteiger partial charge in [0.1, 0.15) is 11.7 Å². The van der Waals surface area contributed by atoms with Crippen molar-refractivity contribution in [2.45, 2.75) is 57.2 Å². The van der Waals surface area contributed by atoms with Gasteiger partial charge in [0, 0.05) is 12.0 Å². The van der Waals surface area contributed by atoms with Crippen LogP contribution in [0.5, 0.6) is 0 Å². The summed E-state index contributed by atoms with van der Waals surface area (Å²) in [5.41, 5.74) is 3.12. The first kappa shape index (κ1) is 24.0. The summed E-state index contributed by atoms with van der Waals surface area (Å²) < 4.78 is 12.5. The molecule has 3 nitrogen and oxygen atoms in total. The summed E-state index contributed by atoms with van der Waals surface area (Å²) in [4.78, 5) is 12.5. The largest absolute Gasteiger partial charge is 0.456 e. The summed E-state index contributed by atoms with van der Waals surface area (Å²) in [6.45, 7) is 2.52. The first-order valence-corrected chi connectivity index (χ1v) is 12.4. The van der Waals surface area contributed by atoms with Gasteiger partial charge in [-0.2, -0.15) is 0 Å². The van der Waals surface area contributed by atoms with E-state index in [1.807, 2.05) is 54.6 Å². The average Bonchev–Trinajstić information content (AvgIpc) is 3.25. The maximum absolute atomic E-state index is 12.5. The van der Waals surface area contributed by atoms with Crippen molar-refractivity contribution in [1.82, 2.24) is 0 Å². The number of hydrogen-bond donors (Lipinski definition) is 0. The molecule has 0 aliphatic carbocycles. The lowest BCUT2D eigenvalue weighted by Crippen LogP contribution is -2.35. The monoisotopic (exact) mass is 454 g/mol.